The Hall–Kier alpha value is -0.980. The highest BCUT2D eigenvalue weighted by Crippen LogP contribution is 2.38. The van der Waals surface area contributed by atoms with E-state index < -0.39 is 0 Å². The van der Waals surface area contributed by atoms with Crippen molar-refractivity contribution in [3.8, 4) is 0 Å². The van der Waals surface area contributed by atoms with Gasteiger partial charge in [-0.2, -0.15) is 0 Å². The number of amides is 1. The fourth-order valence-electron chi connectivity index (χ4n) is 2.31. The molecule has 1 saturated carbocycles. The molecule has 0 aromatic carbocycles. The number of rotatable bonds is 4. The van der Waals surface area contributed by atoms with E-state index >= 15 is 0 Å². The number of carbonyl (C=O) groups is 1. The number of aromatic nitrogens is 1. The average Bonchev–Trinajstić information content (AvgIpc) is 2.99. The number of carbonyl (C=O) groups excluding carboxylic acids is 1. The molecule has 19 heavy (non-hydrogen) atoms. The van der Waals surface area contributed by atoms with Crippen molar-refractivity contribution < 1.29 is 9.53 Å². The number of nitrogens with one attached hydrogen (secondary N) is 1. The molecule has 2 heterocycles. The molecule has 0 bridgehead atoms. The van der Waals surface area contributed by atoms with Crippen LogP contribution < -0.4 is 5.32 Å². The van der Waals surface area contributed by atoms with Gasteiger partial charge in [0, 0.05) is 30.9 Å². The predicted molar refractivity (Wildman–Crippen MR) is 74.1 cm³/mol. The molecule has 1 amide bonds. The lowest BCUT2D eigenvalue weighted by Gasteiger charge is -2.25. The third kappa shape index (κ3) is 3.32. The molecule has 0 spiro atoms. The third-order valence-electron chi connectivity index (χ3n) is 3.72. The van der Waals surface area contributed by atoms with Crippen molar-refractivity contribution in [1.29, 1.82) is 0 Å². The second-order valence-corrected chi connectivity index (χ2v) is 6.20. The SMILES string of the molecule is CC1CC1C(=O)Nc1nc(CN2CCOCC2)cs1. The molecule has 2 fully saturated rings. The maximum atomic E-state index is 11.8. The molecule has 1 aromatic heterocycles. The van der Waals surface area contributed by atoms with E-state index in [-0.39, 0.29) is 11.8 Å². The van der Waals surface area contributed by atoms with Crippen LogP contribution in [0, 0.1) is 11.8 Å². The maximum Gasteiger partial charge on any atom is 0.229 e. The Labute approximate surface area is 117 Å². The van der Waals surface area contributed by atoms with Crippen LogP contribution in [-0.4, -0.2) is 42.1 Å². The summed E-state index contributed by atoms with van der Waals surface area (Å²) in [6.07, 6.45) is 1.01. The summed E-state index contributed by atoms with van der Waals surface area (Å²) < 4.78 is 5.32. The maximum absolute atomic E-state index is 11.8. The van der Waals surface area contributed by atoms with Gasteiger partial charge in [-0.15, -0.1) is 11.3 Å². The van der Waals surface area contributed by atoms with Gasteiger partial charge >= 0.3 is 0 Å². The first-order valence-electron chi connectivity index (χ1n) is 6.78. The Balaban J connectivity index is 1.52. The van der Waals surface area contributed by atoms with E-state index in [1.165, 1.54) is 11.3 Å². The lowest BCUT2D eigenvalue weighted by molar-refractivity contribution is -0.117. The third-order valence-corrected chi connectivity index (χ3v) is 4.52. The van der Waals surface area contributed by atoms with Gasteiger partial charge in [0.15, 0.2) is 5.13 Å². The minimum atomic E-state index is 0.125. The van der Waals surface area contributed by atoms with Gasteiger partial charge in [0.2, 0.25) is 5.91 Å². The summed E-state index contributed by atoms with van der Waals surface area (Å²) >= 11 is 1.51. The van der Waals surface area contributed by atoms with Crippen molar-refractivity contribution in [2.24, 2.45) is 11.8 Å². The largest absolute Gasteiger partial charge is 0.379 e. The molecular formula is C13H19N3O2S. The minimum Gasteiger partial charge on any atom is -0.379 e. The molecule has 2 aliphatic rings. The van der Waals surface area contributed by atoms with E-state index in [0.29, 0.717) is 5.92 Å². The van der Waals surface area contributed by atoms with Gasteiger partial charge in [0.25, 0.3) is 0 Å². The van der Waals surface area contributed by atoms with Crippen LogP contribution in [0.25, 0.3) is 0 Å². The van der Waals surface area contributed by atoms with Gasteiger partial charge < -0.3 is 10.1 Å². The summed E-state index contributed by atoms with van der Waals surface area (Å²) in [5.41, 5.74) is 1.03. The van der Waals surface area contributed by atoms with Gasteiger partial charge in [-0.1, -0.05) is 6.92 Å². The number of anilines is 1. The van der Waals surface area contributed by atoms with Crippen LogP contribution in [0.5, 0.6) is 0 Å². The molecule has 1 aliphatic carbocycles. The van der Waals surface area contributed by atoms with Gasteiger partial charge in [0.05, 0.1) is 18.9 Å². The summed E-state index contributed by atoms with van der Waals surface area (Å²) in [4.78, 5) is 18.6. The number of nitrogens with zero attached hydrogens (tertiary/aromatic N) is 2. The van der Waals surface area contributed by atoms with Gasteiger partial charge in [0.1, 0.15) is 0 Å². The van der Waals surface area contributed by atoms with Crippen LogP contribution in [-0.2, 0) is 16.1 Å². The fourth-order valence-corrected chi connectivity index (χ4v) is 3.02. The molecule has 2 atom stereocenters. The van der Waals surface area contributed by atoms with Crippen molar-refractivity contribution in [3.05, 3.63) is 11.1 Å². The first-order valence-corrected chi connectivity index (χ1v) is 7.65. The molecule has 0 radical (unpaired) electrons. The van der Waals surface area contributed by atoms with Crippen molar-refractivity contribution >= 4 is 22.4 Å². The average molecular weight is 281 g/mol. The summed E-state index contributed by atoms with van der Waals surface area (Å²) in [7, 11) is 0. The van der Waals surface area contributed by atoms with Crippen LogP contribution >= 0.6 is 11.3 Å². The summed E-state index contributed by atoms with van der Waals surface area (Å²) in [5.74, 6) is 0.860. The second kappa shape index (κ2) is 5.56. The van der Waals surface area contributed by atoms with Crippen molar-refractivity contribution in [3.63, 3.8) is 0 Å². The normalized spacial score (nSPS) is 27.2. The van der Waals surface area contributed by atoms with Gasteiger partial charge in [-0.3, -0.25) is 9.69 Å². The number of morpholine rings is 1. The molecule has 1 aromatic rings. The molecule has 3 rings (SSSR count). The van der Waals surface area contributed by atoms with Crippen LogP contribution in [0.1, 0.15) is 19.0 Å². The highest BCUT2D eigenvalue weighted by molar-refractivity contribution is 7.13. The molecular weight excluding hydrogens is 262 g/mol. The van der Waals surface area contributed by atoms with Crippen LogP contribution in [0.3, 0.4) is 0 Å². The zero-order valence-electron chi connectivity index (χ0n) is 11.1. The first-order chi connectivity index (χ1) is 9.22. The Bertz CT molecular complexity index is 456. The summed E-state index contributed by atoms with van der Waals surface area (Å²) in [6, 6.07) is 0. The predicted octanol–water partition coefficient (Wildman–Crippen LogP) is 1.57. The standard InChI is InChI=1S/C13H19N3O2S/c1-9-6-11(9)12(17)15-13-14-10(8-19-13)7-16-2-4-18-5-3-16/h8-9,11H,2-7H2,1H3,(H,14,15,17). The molecule has 1 N–H and O–H groups in total. The van der Waals surface area contributed by atoms with E-state index in [1.54, 1.807) is 0 Å². The Kier molecular flexibility index (Phi) is 3.81. The zero-order chi connectivity index (χ0) is 13.2. The molecule has 5 nitrogen and oxygen atoms in total. The van der Waals surface area contributed by atoms with Crippen LogP contribution in [0.15, 0.2) is 5.38 Å². The van der Waals surface area contributed by atoms with E-state index in [0.717, 1.165) is 50.1 Å². The van der Waals surface area contributed by atoms with Crippen molar-refractivity contribution in [2.75, 3.05) is 31.6 Å². The minimum absolute atomic E-state index is 0.125. The number of thiazole rings is 1. The Morgan fingerprint density at radius 2 is 2.32 bits per heavy atom. The van der Waals surface area contributed by atoms with Crippen LogP contribution in [0.2, 0.25) is 0 Å². The first kappa shape index (κ1) is 13.0. The molecule has 2 unspecified atom stereocenters. The smallest absolute Gasteiger partial charge is 0.229 e. The number of hydrogen-bond acceptors (Lipinski definition) is 5. The van der Waals surface area contributed by atoms with E-state index in [4.69, 9.17) is 4.74 Å². The summed E-state index contributed by atoms with van der Waals surface area (Å²) in [5, 5.41) is 5.68. The van der Waals surface area contributed by atoms with E-state index in [2.05, 4.69) is 22.1 Å². The molecule has 1 saturated heterocycles. The van der Waals surface area contributed by atoms with Crippen molar-refractivity contribution in [1.82, 2.24) is 9.88 Å². The Morgan fingerprint density at radius 1 is 1.58 bits per heavy atom. The lowest BCUT2D eigenvalue weighted by atomic mass is 10.3. The highest BCUT2D eigenvalue weighted by atomic mass is 32.1. The quantitative estimate of drug-likeness (QED) is 0.910. The highest BCUT2D eigenvalue weighted by Gasteiger charge is 2.39. The molecule has 1 aliphatic heterocycles. The Morgan fingerprint density at radius 3 is 3.00 bits per heavy atom. The van der Waals surface area contributed by atoms with Crippen molar-refractivity contribution in [2.45, 2.75) is 19.9 Å². The monoisotopic (exact) mass is 281 g/mol. The van der Waals surface area contributed by atoms with Crippen LogP contribution in [0.4, 0.5) is 5.13 Å². The molecule has 6 heteroatoms. The number of ether oxygens (including phenoxy) is 1. The zero-order valence-corrected chi connectivity index (χ0v) is 11.9. The molecule has 104 valence electrons. The number of hydrogen-bond donors (Lipinski definition) is 1. The summed E-state index contributed by atoms with van der Waals surface area (Å²) in [6.45, 7) is 6.46. The van der Waals surface area contributed by atoms with E-state index in [9.17, 15) is 4.79 Å². The van der Waals surface area contributed by atoms with Gasteiger partial charge in [-0.25, -0.2) is 4.98 Å². The second-order valence-electron chi connectivity index (χ2n) is 5.34. The van der Waals surface area contributed by atoms with Gasteiger partial charge in [-0.05, 0) is 12.3 Å². The topological polar surface area (TPSA) is 54.5 Å². The van der Waals surface area contributed by atoms with E-state index in [1.807, 2.05) is 5.38 Å². The lowest BCUT2D eigenvalue weighted by Crippen LogP contribution is -2.35. The fraction of sp³-hybridized carbons (Fsp3) is 0.692.